The average Bonchev–Trinajstić information content (AvgIpc) is 3.44. The second kappa shape index (κ2) is 25.7. The Morgan fingerprint density at radius 3 is 0.671 bits per heavy atom. The molecule has 0 saturated heterocycles. The molecule has 82 heavy (non-hydrogen) atoms. The van der Waals surface area contributed by atoms with Crippen molar-refractivity contribution in [1.29, 1.82) is 0 Å². The van der Waals surface area contributed by atoms with Crippen LogP contribution in [0.25, 0.3) is 89.0 Å². The fourth-order valence-electron chi connectivity index (χ4n) is 12.2. The first-order chi connectivity index (χ1) is 40.3. The smallest absolute Gasteiger partial charge is 0.252 e. The Bertz CT molecular complexity index is 3150. The Morgan fingerprint density at radius 2 is 0.476 bits per heavy atom. The van der Waals surface area contributed by atoms with Crippen molar-refractivity contribution in [3.05, 3.63) is 205 Å². The lowest BCUT2D eigenvalue weighted by Gasteiger charge is -2.29. The van der Waals surface area contributed by atoms with Gasteiger partial charge in [-0.1, -0.05) is 184 Å². The van der Waals surface area contributed by atoms with Gasteiger partial charge in [0, 0.05) is 35.3 Å². The summed E-state index contributed by atoms with van der Waals surface area (Å²) < 4.78 is 22.1. The van der Waals surface area contributed by atoms with Gasteiger partial charge in [-0.3, -0.25) is 9.59 Å². The lowest BCUT2D eigenvalue weighted by Crippen LogP contribution is -2.33. The van der Waals surface area contributed by atoms with Gasteiger partial charge in [0.1, 0.15) is 23.0 Å². The first-order valence-corrected chi connectivity index (χ1v) is 29.1. The van der Waals surface area contributed by atoms with Gasteiger partial charge in [-0.2, -0.15) is 0 Å². The summed E-state index contributed by atoms with van der Waals surface area (Å²) in [6.07, 6.45) is 11.3. The number of hydrogen-bond acceptors (Lipinski definition) is 6. The Balaban J connectivity index is 1.22. The molecule has 2 N–H and O–H groups in total. The van der Waals surface area contributed by atoms with Crippen LogP contribution in [0.15, 0.2) is 194 Å². The number of methoxy groups -OCH3 is 4. The number of hydrogen-bond donors (Lipinski definition) is 2. The molecule has 2 amide bonds. The average molecular weight is 1090 g/mol. The zero-order valence-corrected chi connectivity index (χ0v) is 47.6. The first-order valence-electron chi connectivity index (χ1n) is 29.1. The lowest BCUT2D eigenvalue weighted by molar-refractivity contribution is 0.0933. The molecule has 9 aromatic carbocycles. The van der Waals surface area contributed by atoms with Gasteiger partial charge in [-0.05, 0) is 153 Å². The quantitative estimate of drug-likeness (QED) is 0.0889. The molecule has 0 aromatic heterocycles. The van der Waals surface area contributed by atoms with Crippen LogP contribution in [0.1, 0.15) is 84.9 Å². The van der Waals surface area contributed by atoms with Gasteiger partial charge in [0.15, 0.2) is 0 Å². The van der Waals surface area contributed by atoms with Crippen LogP contribution < -0.4 is 29.6 Å². The minimum Gasteiger partial charge on any atom is -0.497 e. The molecule has 2 saturated carbocycles. The van der Waals surface area contributed by atoms with Gasteiger partial charge in [-0.25, -0.2) is 0 Å². The monoisotopic (exact) mass is 1080 g/mol. The highest BCUT2D eigenvalue weighted by Crippen LogP contribution is 2.50. The zero-order chi connectivity index (χ0) is 56.4. The van der Waals surface area contributed by atoms with Crippen molar-refractivity contribution < 1.29 is 28.5 Å². The zero-order valence-electron chi connectivity index (χ0n) is 47.6. The van der Waals surface area contributed by atoms with Crippen molar-refractivity contribution in [2.75, 3.05) is 41.5 Å². The van der Waals surface area contributed by atoms with Crippen LogP contribution in [0.3, 0.4) is 0 Å². The van der Waals surface area contributed by atoms with Crippen LogP contribution in [0, 0.1) is 11.8 Å². The number of amides is 2. The van der Waals surface area contributed by atoms with E-state index >= 15 is 9.59 Å². The van der Waals surface area contributed by atoms with E-state index in [-0.39, 0.29) is 11.8 Å². The van der Waals surface area contributed by atoms with Gasteiger partial charge in [0.2, 0.25) is 0 Å². The summed E-state index contributed by atoms with van der Waals surface area (Å²) in [5.41, 5.74) is 15.2. The molecule has 0 spiro atoms. The third kappa shape index (κ3) is 12.2. The Hall–Kier alpha value is -8.88. The van der Waals surface area contributed by atoms with E-state index in [0.717, 1.165) is 141 Å². The normalized spacial score (nSPS) is 13.7. The Morgan fingerprint density at radius 1 is 0.293 bits per heavy atom. The summed E-state index contributed by atoms with van der Waals surface area (Å²) in [5.74, 6) is 3.46. The molecule has 0 radical (unpaired) electrons. The summed E-state index contributed by atoms with van der Waals surface area (Å²) in [7, 11) is 6.70. The van der Waals surface area contributed by atoms with Crippen LogP contribution >= 0.6 is 0 Å². The van der Waals surface area contributed by atoms with Gasteiger partial charge in [-0.15, -0.1) is 0 Å². The summed E-state index contributed by atoms with van der Waals surface area (Å²) >= 11 is 0. The first kappa shape index (κ1) is 55.0. The van der Waals surface area contributed by atoms with E-state index in [4.69, 9.17) is 18.9 Å². The van der Waals surface area contributed by atoms with Crippen molar-refractivity contribution in [2.45, 2.75) is 64.2 Å². The van der Waals surface area contributed by atoms with E-state index in [1.807, 2.05) is 48.5 Å². The van der Waals surface area contributed by atoms with Crippen LogP contribution in [0.2, 0.25) is 0 Å². The van der Waals surface area contributed by atoms with Crippen LogP contribution in [0.5, 0.6) is 23.0 Å². The topological polar surface area (TPSA) is 95.1 Å². The molecular weight excluding hydrogens is 1010 g/mol. The predicted molar refractivity (Wildman–Crippen MR) is 334 cm³/mol. The fourth-order valence-corrected chi connectivity index (χ4v) is 12.2. The molecule has 0 atom stereocenters. The second-order valence-electron chi connectivity index (χ2n) is 21.9. The summed E-state index contributed by atoms with van der Waals surface area (Å²) in [6.45, 7) is 1.10. The molecule has 8 nitrogen and oxygen atoms in total. The molecular formula is C74H72N2O6. The Kier molecular flexibility index (Phi) is 17.3. The number of benzene rings is 9. The number of carbonyl (C=O) groups excluding carboxylic acids is 2. The molecule has 0 heterocycles. The molecule has 0 aliphatic heterocycles. The summed E-state index contributed by atoms with van der Waals surface area (Å²) in [6, 6.07) is 66.1. The van der Waals surface area contributed by atoms with Crippen molar-refractivity contribution in [1.82, 2.24) is 10.6 Å². The van der Waals surface area contributed by atoms with E-state index in [1.54, 1.807) is 28.4 Å². The van der Waals surface area contributed by atoms with Crippen LogP contribution in [-0.4, -0.2) is 53.3 Å². The fraction of sp³-hybridized carbons (Fsp3) is 0.243. The van der Waals surface area contributed by atoms with E-state index in [0.29, 0.717) is 58.3 Å². The van der Waals surface area contributed by atoms with Crippen molar-refractivity contribution in [3.63, 3.8) is 0 Å². The minimum absolute atomic E-state index is 0.185. The number of rotatable bonds is 18. The van der Waals surface area contributed by atoms with E-state index in [2.05, 4.69) is 156 Å². The van der Waals surface area contributed by atoms with Gasteiger partial charge in [0.25, 0.3) is 11.8 Å². The number of nitrogens with one attached hydrogen (secondary N) is 2. The molecule has 2 aliphatic rings. The molecule has 414 valence electrons. The summed E-state index contributed by atoms with van der Waals surface area (Å²) in [5, 5.41) is 7.11. The molecule has 9 aromatic rings. The number of ether oxygens (including phenoxy) is 4. The van der Waals surface area contributed by atoms with Crippen molar-refractivity contribution in [3.8, 4) is 112 Å². The molecule has 0 bridgehead atoms. The molecule has 8 heteroatoms. The van der Waals surface area contributed by atoms with E-state index < -0.39 is 0 Å². The van der Waals surface area contributed by atoms with Crippen LogP contribution in [0.4, 0.5) is 0 Å². The maximum atomic E-state index is 16.3. The maximum Gasteiger partial charge on any atom is 0.252 e. The van der Waals surface area contributed by atoms with Gasteiger partial charge >= 0.3 is 0 Å². The largest absolute Gasteiger partial charge is 0.497 e. The third-order valence-corrected chi connectivity index (χ3v) is 16.9. The predicted octanol–water partition coefficient (Wildman–Crippen LogP) is 17.7. The van der Waals surface area contributed by atoms with E-state index in [1.165, 1.54) is 12.8 Å². The standard InChI is InChI=1S/C74H72N2O6/c1-79-63-39-31-55(32-40-63)51-15-23-59(24-16-51)67-68(60-25-17-52(18-26-60)56-33-41-64(80-2)42-34-56)72(74(78)76-48-50-13-9-6-10-14-50)70(62-29-21-54(22-30-62)58-37-45-66(82-4)46-38-58)69(71(67)73(77)75-47-49-11-7-5-8-12-49)61-27-19-53(20-28-61)57-35-43-65(81-3)44-36-57/h15-46,49-50H,5-14,47-48H2,1-4H3,(H,75,77)(H,76,78). The SMILES string of the molecule is COc1ccc(-c2ccc(-c3c(C(=O)NCC4CCCCC4)c(-c4ccc(-c5ccc(OC)cc5)cc4)c(-c4ccc(-c5ccc(OC)cc5)cc4)c(C(=O)NCC4CCCCC4)c3-c3ccc(-c4ccc(OC)cc4)cc3)cc2)cc1. The van der Waals surface area contributed by atoms with Gasteiger partial charge in [0.05, 0.1) is 39.6 Å². The van der Waals surface area contributed by atoms with Crippen molar-refractivity contribution in [2.24, 2.45) is 11.8 Å². The van der Waals surface area contributed by atoms with Crippen LogP contribution in [-0.2, 0) is 0 Å². The third-order valence-electron chi connectivity index (χ3n) is 16.9. The Labute approximate surface area is 483 Å². The van der Waals surface area contributed by atoms with Crippen molar-refractivity contribution >= 4 is 11.8 Å². The molecule has 11 rings (SSSR count). The minimum atomic E-state index is -0.185. The highest BCUT2D eigenvalue weighted by molar-refractivity contribution is 6.21. The highest BCUT2D eigenvalue weighted by atomic mass is 16.5. The molecule has 0 unspecified atom stereocenters. The molecule has 2 fully saturated rings. The maximum absolute atomic E-state index is 16.3. The lowest BCUT2D eigenvalue weighted by atomic mass is 9.76. The summed E-state index contributed by atoms with van der Waals surface area (Å²) in [4.78, 5) is 32.6. The van der Waals surface area contributed by atoms with E-state index in [9.17, 15) is 0 Å². The second-order valence-corrected chi connectivity index (χ2v) is 21.9. The number of carbonyl (C=O) groups is 2. The molecule has 2 aliphatic carbocycles. The highest BCUT2D eigenvalue weighted by Gasteiger charge is 2.34. The van der Waals surface area contributed by atoms with Gasteiger partial charge < -0.3 is 29.6 Å².